The van der Waals surface area contributed by atoms with E-state index in [2.05, 4.69) is 5.32 Å². The maximum Gasteiger partial charge on any atom is 0.255 e. The second kappa shape index (κ2) is 5.94. The van der Waals surface area contributed by atoms with Crippen molar-refractivity contribution in [2.24, 2.45) is 5.73 Å². The number of nitrogens with two attached hydrogens (primary N) is 1. The van der Waals surface area contributed by atoms with Crippen molar-refractivity contribution >= 4 is 28.3 Å². The second-order valence-corrected chi connectivity index (χ2v) is 6.06. The summed E-state index contributed by atoms with van der Waals surface area (Å²) in [4.78, 5) is 26.1. The molecule has 1 aliphatic rings. The summed E-state index contributed by atoms with van der Waals surface area (Å²) in [5.41, 5.74) is 7.66. The Labute approximate surface area is 145 Å². The molecule has 3 aromatic rings. The summed E-state index contributed by atoms with van der Waals surface area (Å²) in [6, 6.07) is 21.2. The van der Waals surface area contributed by atoms with Gasteiger partial charge in [-0.05, 0) is 22.9 Å². The molecule has 0 saturated carbocycles. The first-order valence-corrected chi connectivity index (χ1v) is 8.07. The molecule has 0 aliphatic carbocycles. The van der Waals surface area contributed by atoms with Crippen LogP contribution in [-0.2, 0) is 4.79 Å². The van der Waals surface area contributed by atoms with Crippen LogP contribution in [-0.4, -0.2) is 18.4 Å². The van der Waals surface area contributed by atoms with Crippen LogP contribution in [0.5, 0.6) is 0 Å². The SMILES string of the molecule is NC(=O)CN1c2ccccc2C(=O)N[C@H]1c1cccc2ccccc12. The van der Waals surface area contributed by atoms with Gasteiger partial charge in [0.1, 0.15) is 6.17 Å². The Bertz CT molecular complexity index is 978. The van der Waals surface area contributed by atoms with Gasteiger partial charge in [0.2, 0.25) is 5.91 Å². The van der Waals surface area contributed by atoms with E-state index < -0.39 is 12.1 Å². The van der Waals surface area contributed by atoms with Crippen molar-refractivity contribution in [3.05, 3.63) is 77.9 Å². The normalized spacial score (nSPS) is 16.4. The van der Waals surface area contributed by atoms with Gasteiger partial charge in [-0.2, -0.15) is 0 Å². The molecule has 0 unspecified atom stereocenters. The summed E-state index contributed by atoms with van der Waals surface area (Å²) in [5, 5.41) is 5.12. The molecule has 25 heavy (non-hydrogen) atoms. The van der Waals surface area contributed by atoms with E-state index in [1.165, 1.54) is 0 Å². The molecular formula is C20H17N3O2. The highest BCUT2D eigenvalue weighted by molar-refractivity contribution is 6.03. The summed E-state index contributed by atoms with van der Waals surface area (Å²) >= 11 is 0. The zero-order chi connectivity index (χ0) is 17.4. The second-order valence-electron chi connectivity index (χ2n) is 6.06. The molecule has 5 heteroatoms. The Morgan fingerprint density at radius 2 is 1.72 bits per heavy atom. The van der Waals surface area contributed by atoms with E-state index in [0.29, 0.717) is 11.3 Å². The minimum absolute atomic E-state index is 0.0190. The van der Waals surface area contributed by atoms with E-state index >= 15 is 0 Å². The predicted octanol–water partition coefficient (Wildman–Crippen LogP) is 2.57. The van der Waals surface area contributed by atoms with Crippen molar-refractivity contribution in [2.75, 3.05) is 11.4 Å². The monoisotopic (exact) mass is 331 g/mol. The lowest BCUT2D eigenvalue weighted by molar-refractivity contribution is -0.116. The standard InChI is InChI=1S/C20H17N3O2/c21-18(24)12-23-17-11-4-3-9-16(17)20(25)22-19(23)15-10-5-7-13-6-1-2-8-14(13)15/h1-11,19H,12H2,(H2,21,24)(H,22,25)/t19-/m1/s1. The Morgan fingerprint density at radius 3 is 2.56 bits per heavy atom. The molecule has 4 rings (SSSR count). The van der Waals surface area contributed by atoms with Gasteiger partial charge in [0.25, 0.3) is 5.91 Å². The van der Waals surface area contributed by atoms with Crippen molar-refractivity contribution in [3.63, 3.8) is 0 Å². The molecule has 2 amide bonds. The van der Waals surface area contributed by atoms with Gasteiger partial charge >= 0.3 is 0 Å². The molecule has 0 aromatic heterocycles. The number of benzene rings is 3. The van der Waals surface area contributed by atoms with Crippen LogP contribution in [0.4, 0.5) is 5.69 Å². The third-order valence-electron chi connectivity index (χ3n) is 4.48. The maximum absolute atomic E-state index is 12.6. The largest absolute Gasteiger partial charge is 0.368 e. The zero-order valence-corrected chi connectivity index (χ0v) is 13.5. The van der Waals surface area contributed by atoms with Crippen molar-refractivity contribution < 1.29 is 9.59 Å². The topological polar surface area (TPSA) is 75.4 Å². The summed E-state index contributed by atoms with van der Waals surface area (Å²) in [6.07, 6.45) is -0.457. The van der Waals surface area contributed by atoms with Gasteiger partial charge in [-0.1, -0.05) is 54.6 Å². The van der Waals surface area contributed by atoms with Crippen LogP contribution < -0.4 is 16.0 Å². The lowest BCUT2D eigenvalue weighted by atomic mass is 9.98. The molecule has 0 spiro atoms. The van der Waals surface area contributed by atoms with Gasteiger partial charge in [-0.25, -0.2) is 0 Å². The van der Waals surface area contributed by atoms with E-state index in [1.807, 2.05) is 59.5 Å². The third-order valence-corrected chi connectivity index (χ3v) is 4.48. The number of hydrogen-bond acceptors (Lipinski definition) is 3. The van der Waals surface area contributed by atoms with E-state index in [1.54, 1.807) is 12.1 Å². The Hall–Kier alpha value is -3.34. The minimum atomic E-state index is -0.457. The van der Waals surface area contributed by atoms with Gasteiger partial charge in [-0.3, -0.25) is 9.59 Å². The number of carbonyl (C=O) groups excluding carboxylic acids is 2. The minimum Gasteiger partial charge on any atom is -0.368 e. The number of hydrogen-bond donors (Lipinski definition) is 2. The number of primary amides is 1. The van der Waals surface area contributed by atoms with Crippen LogP contribution in [0.25, 0.3) is 10.8 Å². The van der Waals surface area contributed by atoms with Crippen LogP contribution in [0.1, 0.15) is 22.1 Å². The number of rotatable bonds is 3. The molecule has 1 aliphatic heterocycles. The summed E-state index contributed by atoms with van der Waals surface area (Å²) < 4.78 is 0. The smallest absolute Gasteiger partial charge is 0.255 e. The van der Waals surface area contributed by atoms with Crippen LogP contribution in [0.2, 0.25) is 0 Å². The van der Waals surface area contributed by atoms with Crippen molar-refractivity contribution in [1.29, 1.82) is 0 Å². The molecule has 3 N–H and O–H groups in total. The van der Waals surface area contributed by atoms with Gasteiger partial charge in [0, 0.05) is 5.56 Å². The fourth-order valence-corrected chi connectivity index (χ4v) is 3.41. The van der Waals surface area contributed by atoms with E-state index in [4.69, 9.17) is 5.73 Å². The number of carbonyl (C=O) groups is 2. The zero-order valence-electron chi connectivity index (χ0n) is 13.5. The van der Waals surface area contributed by atoms with Crippen LogP contribution in [0.15, 0.2) is 66.7 Å². The van der Waals surface area contributed by atoms with E-state index in [9.17, 15) is 9.59 Å². The fraction of sp³-hybridized carbons (Fsp3) is 0.100. The molecule has 0 fully saturated rings. The van der Waals surface area contributed by atoms with Gasteiger partial charge in [-0.15, -0.1) is 0 Å². The van der Waals surface area contributed by atoms with E-state index in [0.717, 1.165) is 16.3 Å². The molecule has 1 atom stereocenters. The average Bonchev–Trinajstić information content (AvgIpc) is 2.63. The lowest BCUT2D eigenvalue weighted by Gasteiger charge is -2.39. The highest BCUT2D eigenvalue weighted by atomic mass is 16.2. The first-order chi connectivity index (χ1) is 12.1. The van der Waals surface area contributed by atoms with Crippen LogP contribution in [0.3, 0.4) is 0 Å². The molecule has 0 bridgehead atoms. The molecule has 3 aromatic carbocycles. The van der Waals surface area contributed by atoms with Crippen molar-refractivity contribution in [1.82, 2.24) is 5.32 Å². The quantitative estimate of drug-likeness (QED) is 0.774. The molecule has 124 valence electrons. The predicted molar refractivity (Wildman–Crippen MR) is 97.1 cm³/mol. The highest BCUT2D eigenvalue weighted by Gasteiger charge is 2.33. The first kappa shape index (κ1) is 15.2. The van der Waals surface area contributed by atoms with Gasteiger partial charge < -0.3 is 16.0 Å². The van der Waals surface area contributed by atoms with Crippen LogP contribution in [0, 0.1) is 0 Å². The van der Waals surface area contributed by atoms with Crippen molar-refractivity contribution in [3.8, 4) is 0 Å². The van der Waals surface area contributed by atoms with E-state index in [-0.39, 0.29) is 12.5 Å². The number of nitrogens with one attached hydrogen (secondary N) is 1. The lowest BCUT2D eigenvalue weighted by Crippen LogP contribution is -2.49. The van der Waals surface area contributed by atoms with Gasteiger partial charge in [0.15, 0.2) is 0 Å². The fourth-order valence-electron chi connectivity index (χ4n) is 3.41. The van der Waals surface area contributed by atoms with Crippen LogP contribution >= 0.6 is 0 Å². The Morgan fingerprint density at radius 1 is 1.00 bits per heavy atom. The molecule has 0 radical (unpaired) electrons. The Balaban J connectivity index is 1.90. The summed E-state index contributed by atoms with van der Waals surface area (Å²) in [5.74, 6) is -0.606. The molecule has 1 heterocycles. The number of fused-ring (bicyclic) bond motifs is 2. The van der Waals surface area contributed by atoms with Gasteiger partial charge in [0.05, 0.1) is 17.8 Å². The number of amides is 2. The third kappa shape index (κ3) is 2.59. The summed E-state index contributed by atoms with van der Waals surface area (Å²) in [7, 11) is 0. The number of para-hydroxylation sites is 1. The maximum atomic E-state index is 12.6. The summed E-state index contributed by atoms with van der Waals surface area (Å²) in [6.45, 7) is 0.0190. The molecule has 0 saturated heterocycles. The average molecular weight is 331 g/mol. The molecular weight excluding hydrogens is 314 g/mol. The first-order valence-electron chi connectivity index (χ1n) is 8.07. The Kier molecular flexibility index (Phi) is 3.61. The number of nitrogens with zero attached hydrogens (tertiary/aromatic N) is 1. The number of anilines is 1. The van der Waals surface area contributed by atoms with Crippen molar-refractivity contribution in [2.45, 2.75) is 6.17 Å². The highest BCUT2D eigenvalue weighted by Crippen LogP contribution is 2.35. The molecule has 5 nitrogen and oxygen atoms in total.